The van der Waals surface area contributed by atoms with Crippen molar-refractivity contribution < 1.29 is 9.13 Å². The van der Waals surface area contributed by atoms with Crippen LogP contribution in [0.5, 0.6) is 5.88 Å². The van der Waals surface area contributed by atoms with Crippen LogP contribution in [0.15, 0.2) is 35.3 Å². The van der Waals surface area contributed by atoms with E-state index in [1.165, 1.54) is 36.4 Å². The molecule has 0 radical (unpaired) electrons. The van der Waals surface area contributed by atoms with Gasteiger partial charge < -0.3 is 4.74 Å². The number of rotatable bonds is 7. The Morgan fingerprint density at radius 3 is 2.81 bits per heavy atom. The average molecular weight is 491 g/mol. The van der Waals surface area contributed by atoms with Gasteiger partial charge in [-0.3, -0.25) is 14.0 Å². The van der Waals surface area contributed by atoms with Gasteiger partial charge in [-0.25, -0.2) is 14.2 Å². The number of ether oxygens (including phenoxy) is 1. The van der Waals surface area contributed by atoms with Gasteiger partial charge in [-0.1, -0.05) is 6.42 Å². The van der Waals surface area contributed by atoms with Gasteiger partial charge >= 0.3 is 5.69 Å². The van der Waals surface area contributed by atoms with Crippen LogP contribution in [0.25, 0.3) is 33.2 Å². The summed E-state index contributed by atoms with van der Waals surface area (Å²) >= 11 is 0. The molecule has 1 aliphatic heterocycles. The van der Waals surface area contributed by atoms with Crippen molar-refractivity contribution in [2.45, 2.75) is 51.6 Å². The molecule has 8 nitrogen and oxygen atoms in total. The Morgan fingerprint density at radius 1 is 1.19 bits per heavy atom. The third kappa shape index (κ3) is 3.77. The molecule has 2 fully saturated rings. The molecule has 0 spiro atoms. The molecule has 2 unspecified atom stereocenters. The van der Waals surface area contributed by atoms with Gasteiger partial charge in [-0.2, -0.15) is 0 Å². The molecule has 1 saturated carbocycles. The zero-order chi connectivity index (χ0) is 25.0. The maximum atomic E-state index is 15.1. The van der Waals surface area contributed by atoms with Crippen molar-refractivity contribution in [3.05, 3.63) is 46.8 Å². The smallest absolute Gasteiger partial charge is 0.330 e. The summed E-state index contributed by atoms with van der Waals surface area (Å²) in [6.45, 7) is 6.80. The van der Waals surface area contributed by atoms with Gasteiger partial charge in [0.1, 0.15) is 11.3 Å². The molecule has 0 bridgehead atoms. The van der Waals surface area contributed by atoms with Gasteiger partial charge in [-0.15, -0.1) is 10.2 Å². The van der Waals surface area contributed by atoms with Gasteiger partial charge in [0.15, 0.2) is 5.65 Å². The summed E-state index contributed by atoms with van der Waals surface area (Å²) in [7, 11) is 1.67. The monoisotopic (exact) mass is 490 g/mol. The minimum Gasteiger partial charge on any atom is -0.478 e. The van der Waals surface area contributed by atoms with Crippen molar-refractivity contribution >= 4 is 22.1 Å². The third-order valence-corrected chi connectivity index (χ3v) is 7.82. The van der Waals surface area contributed by atoms with Crippen LogP contribution in [0, 0.1) is 11.7 Å². The lowest BCUT2D eigenvalue weighted by Crippen LogP contribution is -2.53. The van der Waals surface area contributed by atoms with Crippen LogP contribution in [0.3, 0.4) is 0 Å². The van der Waals surface area contributed by atoms with E-state index in [2.05, 4.69) is 20.1 Å². The second kappa shape index (κ2) is 8.96. The van der Waals surface area contributed by atoms with E-state index in [9.17, 15) is 4.79 Å². The van der Waals surface area contributed by atoms with Crippen molar-refractivity contribution in [3.63, 3.8) is 0 Å². The summed E-state index contributed by atoms with van der Waals surface area (Å²) < 4.78 is 24.1. The molecule has 1 aliphatic carbocycles. The van der Waals surface area contributed by atoms with E-state index in [0.717, 1.165) is 24.9 Å². The van der Waals surface area contributed by atoms with Crippen LogP contribution in [0.1, 0.15) is 45.6 Å². The lowest BCUT2D eigenvalue weighted by molar-refractivity contribution is 0.0339. The zero-order valence-corrected chi connectivity index (χ0v) is 20.9. The molecule has 9 heteroatoms. The standard InChI is InChI=1S/C27H31FN6O2/c1-16(2)34-25-20-12-19(21(28)13-22(20)30-31-26(25)32(3)27(34)35)17-8-9-24(29-14-17)36-11-5-10-33-15-18-6-4-7-23(18)33/h8-9,12-14,16,18,23H,4-7,10-11,15H2,1-3H3. The number of aryl methyl sites for hydroxylation is 1. The van der Waals surface area contributed by atoms with E-state index in [1.54, 1.807) is 29.9 Å². The molecular formula is C27H31FN6O2. The third-order valence-electron chi connectivity index (χ3n) is 7.82. The highest BCUT2D eigenvalue weighted by Gasteiger charge is 2.41. The van der Waals surface area contributed by atoms with Gasteiger partial charge in [0, 0.05) is 67.1 Å². The first-order valence-electron chi connectivity index (χ1n) is 12.8. The summed E-state index contributed by atoms with van der Waals surface area (Å²) in [4.78, 5) is 19.8. The number of hydrogen-bond donors (Lipinski definition) is 0. The Labute approximate surface area is 208 Å². The number of aromatic nitrogens is 5. The van der Waals surface area contributed by atoms with Crippen LogP contribution in [-0.4, -0.2) is 55.0 Å². The van der Waals surface area contributed by atoms with Crippen molar-refractivity contribution in [1.82, 2.24) is 29.2 Å². The quantitative estimate of drug-likeness (QED) is 0.359. The molecular weight excluding hydrogens is 459 g/mol. The second-order valence-corrected chi connectivity index (χ2v) is 10.4. The largest absolute Gasteiger partial charge is 0.478 e. The molecule has 4 aromatic rings. The summed E-state index contributed by atoms with van der Waals surface area (Å²) in [6, 6.07) is 7.42. The predicted octanol–water partition coefficient (Wildman–Crippen LogP) is 4.32. The second-order valence-electron chi connectivity index (χ2n) is 10.4. The van der Waals surface area contributed by atoms with Crippen LogP contribution >= 0.6 is 0 Å². The summed E-state index contributed by atoms with van der Waals surface area (Å²) in [6.07, 6.45) is 6.71. The van der Waals surface area contributed by atoms with Crippen LogP contribution in [0.4, 0.5) is 4.39 Å². The van der Waals surface area contributed by atoms with Crippen LogP contribution in [-0.2, 0) is 7.05 Å². The highest BCUT2D eigenvalue weighted by atomic mass is 19.1. The number of fused-ring (bicyclic) bond motifs is 4. The Balaban J connectivity index is 1.22. The molecule has 1 aromatic carbocycles. The fourth-order valence-corrected chi connectivity index (χ4v) is 5.95. The molecule has 0 amide bonds. The Bertz CT molecular complexity index is 1490. The topological polar surface area (TPSA) is 78.1 Å². The summed E-state index contributed by atoms with van der Waals surface area (Å²) in [5.41, 5.74) is 2.39. The summed E-state index contributed by atoms with van der Waals surface area (Å²) in [5.74, 6) is 1.05. The van der Waals surface area contributed by atoms with Crippen molar-refractivity contribution in [3.8, 4) is 17.0 Å². The molecule has 4 heterocycles. The zero-order valence-electron chi connectivity index (χ0n) is 20.9. The SMILES string of the molecule is CC(C)n1c(=O)n(C)c2nnc3cc(F)c(-c4ccc(OCCCN5CC6CCCC65)nc4)cc3c21. The number of nitrogens with zero attached hydrogens (tertiary/aromatic N) is 6. The first-order valence-corrected chi connectivity index (χ1v) is 12.8. The van der Waals surface area contributed by atoms with E-state index in [1.807, 2.05) is 19.9 Å². The fourth-order valence-electron chi connectivity index (χ4n) is 5.95. The molecule has 1 saturated heterocycles. The normalized spacial score (nSPS) is 19.8. The molecule has 3 aromatic heterocycles. The number of benzene rings is 1. The lowest BCUT2D eigenvalue weighted by atomic mass is 9.92. The first kappa shape index (κ1) is 23.1. The fraction of sp³-hybridized carbons (Fsp3) is 0.481. The van der Waals surface area contributed by atoms with E-state index in [4.69, 9.17) is 4.74 Å². The van der Waals surface area contributed by atoms with Gasteiger partial charge in [0.2, 0.25) is 5.88 Å². The van der Waals surface area contributed by atoms with Crippen LogP contribution in [0.2, 0.25) is 0 Å². The number of likely N-dealkylation sites (tertiary alicyclic amines) is 1. The van der Waals surface area contributed by atoms with E-state index in [-0.39, 0.29) is 11.7 Å². The van der Waals surface area contributed by atoms with Crippen molar-refractivity contribution in [1.29, 1.82) is 0 Å². The number of hydrogen-bond acceptors (Lipinski definition) is 6. The molecule has 36 heavy (non-hydrogen) atoms. The maximum Gasteiger partial charge on any atom is 0.330 e. The number of halogens is 1. The molecule has 2 atom stereocenters. The average Bonchev–Trinajstić information content (AvgIpc) is 3.35. The molecule has 0 N–H and O–H groups in total. The van der Waals surface area contributed by atoms with Gasteiger partial charge in [0.25, 0.3) is 0 Å². The van der Waals surface area contributed by atoms with Gasteiger partial charge in [0.05, 0.1) is 12.1 Å². The minimum absolute atomic E-state index is 0.0825. The Morgan fingerprint density at radius 2 is 2.06 bits per heavy atom. The number of pyridine rings is 1. The highest BCUT2D eigenvalue weighted by Crippen LogP contribution is 2.38. The van der Waals surface area contributed by atoms with Crippen molar-refractivity contribution in [2.75, 3.05) is 19.7 Å². The predicted molar refractivity (Wildman–Crippen MR) is 137 cm³/mol. The van der Waals surface area contributed by atoms with Crippen LogP contribution < -0.4 is 10.4 Å². The van der Waals surface area contributed by atoms with Gasteiger partial charge in [-0.05, 0) is 51.2 Å². The Kier molecular flexibility index (Phi) is 5.75. The molecule has 6 rings (SSSR count). The molecule has 188 valence electrons. The number of imidazole rings is 1. The maximum absolute atomic E-state index is 15.1. The lowest BCUT2D eigenvalue weighted by Gasteiger charge is -2.44. The van der Waals surface area contributed by atoms with E-state index < -0.39 is 5.82 Å². The molecule has 2 aliphatic rings. The first-order chi connectivity index (χ1) is 17.4. The summed E-state index contributed by atoms with van der Waals surface area (Å²) in [5, 5.41) is 9.05. The Hall–Kier alpha value is -3.33. The van der Waals surface area contributed by atoms with E-state index >= 15 is 4.39 Å². The van der Waals surface area contributed by atoms with Crippen molar-refractivity contribution in [2.24, 2.45) is 13.0 Å². The minimum atomic E-state index is -0.416. The highest BCUT2D eigenvalue weighted by molar-refractivity contribution is 6.02. The van der Waals surface area contributed by atoms with E-state index in [0.29, 0.717) is 45.7 Å².